The van der Waals surface area contributed by atoms with Crippen molar-refractivity contribution in [3.63, 3.8) is 0 Å². The van der Waals surface area contributed by atoms with Crippen LogP contribution in [0.1, 0.15) is 91.4 Å². The van der Waals surface area contributed by atoms with Crippen LogP contribution in [0.2, 0.25) is 0 Å². The molecule has 1 heterocycles. The Morgan fingerprint density at radius 1 is 0.472 bits per heavy atom. The summed E-state index contributed by atoms with van der Waals surface area (Å²) in [4.78, 5) is 144. The molecule has 1 rings (SSSR count). The lowest BCUT2D eigenvalue weighted by Crippen LogP contribution is -2.58. The topological polar surface area (TPSA) is 429 Å². The van der Waals surface area contributed by atoms with E-state index >= 15 is 0 Å². The van der Waals surface area contributed by atoms with Gasteiger partial charge in [-0.25, -0.2) is 15.2 Å². The Morgan fingerprint density at radius 3 is 1.11 bits per heavy atom. The van der Waals surface area contributed by atoms with Gasteiger partial charge in [0.25, 0.3) is 17.7 Å². The first kappa shape index (κ1) is 63.2. The highest BCUT2D eigenvalue weighted by Crippen LogP contribution is 2.11. The fraction of sp³-hybridized carbons (Fsp3) is 0.614. The van der Waals surface area contributed by atoms with Crippen LogP contribution in [0.3, 0.4) is 0 Å². The minimum absolute atomic E-state index is 0.127. The summed E-state index contributed by atoms with van der Waals surface area (Å²) in [6, 6.07) is -6.45. The Bertz CT molecular complexity index is 2000. The molecule has 72 heavy (non-hydrogen) atoms. The minimum Gasteiger partial charge on any atom is -0.396 e. The van der Waals surface area contributed by atoms with E-state index in [4.69, 9.17) is 10.8 Å². The van der Waals surface area contributed by atoms with E-state index in [1.54, 1.807) is 6.92 Å². The van der Waals surface area contributed by atoms with E-state index in [0.717, 1.165) is 18.2 Å². The third kappa shape index (κ3) is 26.4. The molecule has 11 amide bonds. The van der Waals surface area contributed by atoms with Gasteiger partial charge in [0, 0.05) is 64.1 Å². The SMILES string of the molecule is C/C(=C\C(=O)N(O)CCC[C@@H]1NC(=O)[C@H](CCCN(O)C(=O)/C=C(\C)CCO)NC(=O)[C@H](CCCN(O)C(=O)/C=C(\C)CCO)NC(=O)[C@H](CCC(N)=O)NC(=O)CNC(=O)CNC(=O)CNC1=O)CCO. The Morgan fingerprint density at radius 2 is 0.778 bits per heavy atom. The van der Waals surface area contributed by atoms with Crippen molar-refractivity contribution < 1.29 is 83.7 Å². The molecular formula is C44H71N11O17. The van der Waals surface area contributed by atoms with E-state index in [0.29, 0.717) is 31.9 Å². The minimum atomic E-state index is -1.66. The second-order valence-electron chi connectivity index (χ2n) is 16.8. The molecule has 28 heteroatoms. The number of amides is 11. The summed E-state index contributed by atoms with van der Waals surface area (Å²) >= 11 is 0. The van der Waals surface area contributed by atoms with Crippen molar-refractivity contribution in [1.82, 2.24) is 52.4 Å². The Balaban J connectivity index is 3.80. The first-order valence-corrected chi connectivity index (χ1v) is 23.2. The van der Waals surface area contributed by atoms with Gasteiger partial charge in [0.15, 0.2) is 0 Å². The van der Waals surface area contributed by atoms with Gasteiger partial charge in [-0.3, -0.25) is 68.4 Å². The molecule has 0 bridgehead atoms. The van der Waals surface area contributed by atoms with Crippen molar-refractivity contribution in [2.45, 2.75) is 116 Å². The zero-order valence-electron chi connectivity index (χ0n) is 40.8. The number of aliphatic hydroxyl groups excluding tert-OH is 3. The quantitative estimate of drug-likeness (QED) is 0.0246. The summed E-state index contributed by atoms with van der Waals surface area (Å²) < 4.78 is 0. The third-order valence-corrected chi connectivity index (χ3v) is 10.5. The van der Waals surface area contributed by atoms with Crippen LogP contribution >= 0.6 is 0 Å². The second kappa shape index (κ2) is 34.5. The maximum Gasteiger partial charge on any atom is 0.269 e. The van der Waals surface area contributed by atoms with E-state index in [1.165, 1.54) is 13.8 Å². The van der Waals surface area contributed by atoms with Gasteiger partial charge >= 0.3 is 0 Å². The zero-order valence-corrected chi connectivity index (χ0v) is 40.8. The van der Waals surface area contributed by atoms with Crippen molar-refractivity contribution in [1.29, 1.82) is 0 Å². The summed E-state index contributed by atoms with van der Waals surface area (Å²) in [5.74, 6) is -10.5. The lowest BCUT2D eigenvalue weighted by atomic mass is 10.0. The molecule has 1 aliphatic heterocycles. The van der Waals surface area contributed by atoms with Crippen molar-refractivity contribution >= 4 is 65.0 Å². The fourth-order valence-electron chi connectivity index (χ4n) is 6.47. The lowest BCUT2D eigenvalue weighted by molar-refractivity contribution is -0.160. The molecule has 1 aliphatic rings. The van der Waals surface area contributed by atoms with Crippen molar-refractivity contribution in [3.05, 3.63) is 34.9 Å². The predicted molar refractivity (Wildman–Crippen MR) is 250 cm³/mol. The van der Waals surface area contributed by atoms with Crippen molar-refractivity contribution in [3.8, 4) is 0 Å². The Kier molecular flexibility index (Phi) is 30.2. The molecule has 0 spiro atoms. The molecule has 15 N–H and O–H groups in total. The molecule has 0 aromatic rings. The monoisotopic (exact) mass is 1030 g/mol. The highest BCUT2D eigenvalue weighted by atomic mass is 16.5. The molecule has 404 valence electrons. The largest absolute Gasteiger partial charge is 0.396 e. The van der Waals surface area contributed by atoms with Gasteiger partial charge in [0.2, 0.25) is 47.3 Å². The molecule has 0 radical (unpaired) electrons. The average Bonchev–Trinajstić information content (AvgIpc) is 3.31. The molecule has 0 aromatic heterocycles. The van der Waals surface area contributed by atoms with Gasteiger partial charge < -0.3 is 58.3 Å². The lowest BCUT2D eigenvalue weighted by Gasteiger charge is -2.27. The van der Waals surface area contributed by atoms with Crippen LogP contribution in [0.4, 0.5) is 0 Å². The van der Waals surface area contributed by atoms with Gasteiger partial charge in [0.1, 0.15) is 24.2 Å². The van der Waals surface area contributed by atoms with Gasteiger partial charge in [-0.2, -0.15) is 0 Å². The summed E-state index contributed by atoms with van der Waals surface area (Å²) in [5.41, 5.74) is 6.62. The number of rotatable bonds is 24. The van der Waals surface area contributed by atoms with Crippen molar-refractivity contribution in [2.24, 2.45) is 5.73 Å². The number of aliphatic hydroxyl groups is 3. The maximum atomic E-state index is 14.3. The van der Waals surface area contributed by atoms with Crippen LogP contribution in [-0.2, 0) is 52.7 Å². The molecule has 4 atom stereocenters. The Hall–Kier alpha value is -6.85. The van der Waals surface area contributed by atoms with Crippen LogP contribution in [0, 0.1) is 0 Å². The van der Waals surface area contributed by atoms with Gasteiger partial charge in [0.05, 0.1) is 19.6 Å². The number of nitrogens with two attached hydrogens (primary N) is 1. The average molecular weight is 1030 g/mol. The van der Waals surface area contributed by atoms with E-state index in [1.807, 2.05) is 0 Å². The first-order chi connectivity index (χ1) is 34.0. The number of nitrogens with one attached hydrogen (secondary N) is 7. The smallest absolute Gasteiger partial charge is 0.269 e. The van der Waals surface area contributed by atoms with Crippen LogP contribution in [0.25, 0.3) is 0 Å². The fourth-order valence-corrected chi connectivity index (χ4v) is 6.47. The highest BCUT2D eigenvalue weighted by Gasteiger charge is 2.32. The van der Waals surface area contributed by atoms with E-state index in [2.05, 4.69) is 37.2 Å². The van der Waals surface area contributed by atoms with E-state index < -0.39 is 141 Å². The molecule has 0 aliphatic carbocycles. The number of carbonyl (C=O) groups is 11. The van der Waals surface area contributed by atoms with Crippen LogP contribution < -0.4 is 43.0 Å². The van der Waals surface area contributed by atoms with Crippen LogP contribution in [0.5, 0.6) is 0 Å². The third-order valence-electron chi connectivity index (χ3n) is 10.5. The number of hydrogen-bond donors (Lipinski definition) is 14. The molecule has 0 unspecified atom stereocenters. The summed E-state index contributed by atoms with van der Waals surface area (Å²) in [5, 5.41) is 76.3. The van der Waals surface area contributed by atoms with Gasteiger partial charge in [-0.15, -0.1) is 0 Å². The summed E-state index contributed by atoms with van der Waals surface area (Å²) in [6.45, 7) is 0.376. The van der Waals surface area contributed by atoms with E-state index in [-0.39, 0.29) is 77.6 Å². The van der Waals surface area contributed by atoms with Gasteiger partial charge in [-0.1, -0.05) is 16.7 Å². The molecule has 28 nitrogen and oxygen atoms in total. The summed E-state index contributed by atoms with van der Waals surface area (Å²) in [6.07, 6.45) is 1.08. The number of carbonyl (C=O) groups excluding carboxylic acids is 11. The number of nitrogens with zero attached hydrogens (tertiary/aromatic N) is 3. The second-order valence-corrected chi connectivity index (χ2v) is 16.8. The van der Waals surface area contributed by atoms with Crippen LogP contribution in [-0.4, -0.2) is 194 Å². The predicted octanol–water partition coefficient (Wildman–Crippen LogP) is -4.47. The number of primary amides is 1. The molecule has 0 saturated carbocycles. The Labute approximate surface area is 415 Å². The van der Waals surface area contributed by atoms with E-state index in [9.17, 15) is 78.6 Å². The van der Waals surface area contributed by atoms with Gasteiger partial charge in [-0.05, 0) is 85.0 Å². The standard InChI is InChI=1S/C44H71N11O17/c1-27(12-18-56)21-38(63)53(70)15-4-7-30-41(66)48-25-36(61)46-24-35(60)47-26-37(62)49-33(10-11-34(45)59)44(69)52-32(9-6-17-55(72)40(65)23-29(3)14-20-58)43(68)51-31(42(67)50-30)8-5-16-54(71)39(64)22-28(2)13-19-57/h21-23,30-33,56-58,70-72H,4-20,24-26H2,1-3H3,(H2,45,59)(H,46,61)(H,47,60)(H,48,66)(H,49,62)(H,50,67)(H,51,68)(H,52,69)/b27-21+,28-22+,29-23+/t30-,31-,32-,33-/m0/s1. The van der Waals surface area contributed by atoms with Crippen molar-refractivity contribution in [2.75, 3.05) is 59.1 Å². The van der Waals surface area contributed by atoms with Crippen LogP contribution in [0.15, 0.2) is 34.9 Å². The molecule has 1 saturated heterocycles. The zero-order chi connectivity index (χ0) is 54.3. The molecular weight excluding hydrogens is 955 g/mol. The highest BCUT2D eigenvalue weighted by molar-refractivity contribution is 5.97. The summed E-state index contributed by atoms with van der Waals surface area (Å²) in [7, 11) is 0. The first-order valence-electron chi connectivity index (χ1n) is 23.2. The molecule has 0 aromatic carbocycles. The number of hydroxylamine groups is 6. The maximum absolute atomic E-state index is 14.3. The molecule has 1 fully saturated rings. The normalized spacial score (nSPS) is 19.5. The number of hydrogen-bond acceptors (Lipinski definition) is 17.